The monoisotopic (exact) mass is 382 g/mol. The van der Waals surface area contributed by atoms with E-state index in [9.17, 15) is 14.7 Å². The Kier molecular flexibility index (Phi) is 4.70. The van der Waals surface area contributed by atoms with Gasteiger partial charge in [0.15, 0.2) is 0 Å². The summed E-state index contributed by atoms with van der Waals surface area (Å²) in [5.74, 6) is -1.16. The topological polar surface area (TPSA) is 70.0 Å². The van der Waals surface area contributed by atoms with Crippen LogP contribution in [-0.4, -0.2) is 35.3 Å². The first-order valence-corrected chi connectivity index (χ1v) is 9.38. The highest BCUT2D eigenvalue weighted by molar-refractivity contribution is 6.32. The molecule has 1 fully saturated rings. The molecule has 1 heterocycles. The average Bonchev–Trinajstić information content (AvgIpc) is 2.71. The highest BCUT2D eigenvalue weighted by Crippen LogP contribution is 2.37. The smallest absolute Gasteiger partial charge is 0.323 e. The molecule has 0 bridgehead atoms. The van der Waals surface area contributed by atoms with Gasteiger partial charge in [-0.3, -0.25) is 19.5 Å². The second kappa shape index (κ2) is 7.16. The van der Waals surface area contributed by atoms with Crippen molar-refractivity contribution in [1.29, 1.82) is 0 Å². The van der Waals surface area contributed by atoms with Crippen molar-refractivity contribution in [1.82, 2.24) is 0 Å². The maximum absolute atomic E-state index is 13.3. The molecule has 0 radical (unpaired) electrons. The summed E-state index contributed by atoms with van der Waals surface area (Å²) in [5.41, 5.74) is 2.79. The van der Waals surface area contributed by atoms with Crippen molar-refractivity contribution in [3.8, 4) is 0 Å². The third-order valence-corrected chi connectivity index (χ3v) is 5.46. The third kappa shape index (κ3) is 3.35. The Bertz CT molecular complexity index is 922. The number of carbonyl (C=O) groups is 2. The molecule has 5 nitrogen and oxygen atoms in total. The van der Waals surface area contributed by atoms with E-state index in [0.717, 1.165) is 24.8 Å². The molecule has 1 amide bonds. The summed E-state index contributed by atoms with van der Waals surface area (Å²) in [4.78, 5) is 30.9. The number of rotatable bonds is 4. The number of anilines is 1. The number of nitrogens with zero attached hydrogens (tertiary/aromatic N) is 2. The van der Waals surface area contributed by atoms with E-state index in [1.54, 1.807) is 18.2 Å². The highest BCUT2D eigenvalue weighted by Gasteiger charge is 2.39. The van der Waals surface area contributed by atoms with Crippen molar-refractivity contribution < 1.29 is 14.7 Å². The van der Waals surface area contributed by atoms with Crippen molar-refractivity contribution in [2.45, 2.75) is 25.3 Å². The average molecular weight is 383 g/mol. The number of benzene rings is 2. The summed E-state index contributed by atoms with van der Waals surface area (Å²) < 4.78 is 0. The molecular formula is C21H19ClN2O3. The van der Waals surface area contributed by atoms with E-state index in [1.807, 2.05) is 30.3 Å². The molecule has 138 valence electrons. The molecule has 0 spiro atoms. The van der Waals surface area contributed by atoms with Crippen LogP contribution in [0.25, 0.3) is 0 Å². The Morgan fingerprint density at radius 1 is 1.19 bits per heavy atom. The molecule has 1 aliphatic heterocycles. The largest absolute Gasteiger partial charge is 0.480 e. The number of aliphatic carboxylic acids is 1. The van der Waals surface area contributed by atoms with Crippen molar-refractivity contribution in [3.05, 3.63) is 64.7 Å². The van der Waals surface area contributed by atoms with Gasteiger partial charge in [-0.25, -0.2) is 0 Å². The minimum Gasteiger partial charge on any atom is -0.480 e. The van der Waals surface area contributed by atoms with Crippen LogP contribution in [0.3, 0.4) is 0 Å². The lowest BCUT2D eigenvalue weighted by Crippen LogP contribution is -2.45. The van der Waals surface area contributed by atoms with E-state index < -0.39 is 18.6 Å². The fourth-order valence-corrected chi connectivity index (χ4v) is 3.83. The van der Waals surface area contributed by atoms with Crippen LogP contribution in [0.15, 0.2) is 53.5 Å². The Balaban J connectivity index is 1.93. The maximum atomic E-state index is 13.3. The Labute approximate surface area is 162 Å². The summed E-state index contributed by atoms with van der Waals surface area (Å²) in [6.07, 6.45) is 2.93. The third-order valence-electron chi connectivity index (χ3n) is 5.23. The number of fused-ring (bicyclic) bond motifs is 1. The van der Waals surface area contributed by atoms with E-state index in [2.05, 4.69) is 0 Å². The normalized spacial score (nSPS) is 19.7. The summed E-state index contributed by atoms with van der Waals surface area (Å²) in [5, 5.41) is 9.89. The zero-order valence-electron chi connectivity index (χ0n) is 14.6. The lowest BCUT2D eigenvalue weighted by atomic mass is 9.79. The quantitative estimate of drug-likeness (QED) is 0.874. The van der Waals surface area contributed by atoms with Gasteiger partial charge >= 0.3 is 5.97 Å². The lowest BCUT2D eigenvalue weighted by Gasteiger charge is -2.32. The number of hydrogen-bond acceptors (Lipinski definition) is 3. The van der Waals surface area contributed by atoms with Gasteiger partial charge in [0.2, 0.25) is 0 Å². The number of amides is 1. The van der Waals surface area contributed by atoms with E-state index in [-0.39, 0.29) is 11.8 Å². The van der Waals surface area contributed by atoms with Crippen LogP contribution in [0, 0.1) is 5.92 Å². The van der Waals surface area contributed by atoms with Gasteiger partial charge in [0.1, 0.15) is 12.6 Å². The van der Waals surface area contributed by atoms with Gasteiger partial charge in [0.05, 0.1) is 11.4 Å². The predicted molar refractivity (Wildman–Crippen MR) is 105 cm³/mol. The Morgan fingerprint density at radius 2 is 1.93 bits per heavy atom. The van der Waals surface area contributed by atoms with Gasteiger partial charge in [-0.05, 0) is 37.0 Å². The van der Waals surface area contributed by atoms with Gasteiger partial charge in [-0.2, -0.15) is 0 Å². The van der Waals surface area contributed by atoms with Crippen molar-refractivity contribution in [2.24, 2.45) is 10.9 Å². The molecule has 6 heteroatoms. The Hall–Kier alpha value is -2.66. The van der Waals surface area contributed by atoms with Gasteiger partial charge < -0.3 is 5.11 Å². The molecule has 2 aromatic carbocycles. The second-order valence-corrected chi connectivity index (χ2v) is 7.40. The van der Waals surface area contributed by atoms with Gasteiger partial charge in [0, 0.05) is 16.1 Å². The maximum Gasteiger partial charge on any atom is 0.323 e. The SMILES string of the molecule is O=C(O)CN1C(=O)C(C2CCC2)N=C(c2ccccc2)c2cc(Cl)ccc21. The number of carboxylic acids is 1. The number of aliphatic imine (C=N–C) groups is 1. The van der Waals surface area contributed by atoms with Crippen molar-refractivity contribution in [2.75, 3.05) is 11.4 Å². The van der Waals surface area contributed by atoms with E-state index in [0.29, 0.717) is 22.0 Å². The summed E-state index contributed by atoms with van der Waals surface area (Å²) in [6, 6.07) is 14.2. The Morgan fingerprint density at radius 3 is 2.56 bits per heavy atom. The zero-order chi connectivity index (χ0) is 19.0. The molecule has 0 saturated heterocycles. The van der Waals surface area contributed by atoms with Crippen LogP contribution in [-0.2, 0) is 9.59 Å². The lowest BCUT2D eigenvalue weighted by molar-refractivity contribution is -0.137. The number of carboxylic acid groups (broad SMARTS) is 1. The molecule has 2 aliphatic rings. The number of halogens is 1. The molecule has 1 aliphatic carbocycles. The van der Waals surface area contributed by atoms with Gasteiger partial charge in [-0.1, -0.05) is 48.4 Å². The zero-order valence-corrected chi connectivity index (χ0v) is 15.4. The first kappa shape index (κ1) is 17.7. The van der Waals surface area contributed by atoms with Crippen molar-refractivity contribution >= 4 is 34.9 Å². The minimum atomic E-state index is -1.06. The molecular weight excluding hydrogens is 364 g/mol. The highest BCUT2D eigenvalue weighted by atomic mass is 35.5. The van der Waals surface area contributed by atoms with Crippen LogP contribution in [0.4, 0.5) is 5.69 Å². The van der Waals surface area contributed by atoms with Gasteiger partial charge in [0.25, 0.3) is 5.91 Å². The summed E-state index contributed by atoms with van der Waals surface area (Å²) in [6.45, 7) is -0.395. The number of hydrogen-bond donors (Lipinski definition) is 1. The molecule has 1 atom stereocenters. The number of benzodiazepines with no additional fused rings is 1. The molecule has 1 N–H and O–H groups in total. The second-order valence-electron chi connectivity index (χ2n) is 6.96. The van der Waals surface area contributed by atoms with Crippen LogP contribution in [0.5, 0.6) is 0 Å². The first-order chi connectivity index (χ1) is 13.0. The molecule has 0 aromatic heterocycles. The van der Waals surface area contributed by atoms with E-state index in [4.69, 9.17) is 16.6 Å². The number of carbonyl (C=O) groups excluding carboxylic acids is 1. The molecule has 1 saturated carbocycles. The van der Waals surface area contributed by atoms with Crippen LogP contribution < -0.4 is 4.90 Å². The minimum absolute atomic E-state index is 0.150. The van der Waals surface area contributed by atoms with Crippen LogP contribution in [0.1, 0.15) is 30.4 Å². The standard InChI is InChI=1S/C21H19ClN2O3/c22-15-9-10-17-16(11-15)19(13-5-2-1-3-6-13)23-20(14-7-4-8-14)21(27)24(17)12-18(25)26/h1-3,5-6,9-11,14,20H,4,7-8,12H2,(H,25,26). The van der Waals surface area contributed by atoms with E-state index in [1.165, 1.54) is 4.90 Å². The fraction of sp³-hybridized carbons (Fsp3) is 0.286. The van der Waals surface area contributed by atoms with Crippen LogP contribution in [0.2, 0.25) is 5.02 Å². The fourth-order valence-electron chi connectivity index (χ4n) is 3.66. The van der Waals surface area contributed by atoms with Crippen molar-refractivity contribution in [3.63, 3.8) is 0 Å². The summed E-state index contributed by atoms with van der Waals surface area (Å²) >= 11 is 6.24. The van der Waals surface area contributed by atoms with Gasteiger partial charge in [-0.15, -0.1) is 0 Å². The molecule has 4 rings (SSSR count). The predicted octanol–water partition coefficient (Wildman–Crippen LogP) is 3.78. The molecule has 27 heavy (non-hydrogen) atoms. The summed E-state index contributed by atoms with van der Waals surface area (Å²) in [7, 11) is 0. The van der Waals surface area contributed by atoms with E-state index >= 15 is 0 Å². The first-order valence-electron chi connectivity index (χ1n) is 9.01. The van der Waals surface area contributed by atoms with Crippen LogP contribution >= 0.6 is 11.6 Å². The molecule has 1 unspecified atom stereocenters. The molecule has 2 aromatic rings.